The van der Waals surface area contributed by atoms with Crippen LogP contribution in [0.25, 0.3) is 0 Å². The number of rotatable bonds is 5. The summed E-state index contributed by atoms with van der Waals surface area (Å²) >= 11 is 1.34. The van der Waals surface area contributed by atoms with E-state index in [0.29, 0.717) is 22.2 Å². The predicted molar refractivity (Wildman–Crippen MR) is 81.2 cm³/mol. The molecule has 108 valence electrons. The standard InChI is InChI=1S/C13H23N3O2S/c1-7(2)8(3)15-12-10(18-6)9(14)11(19-12)13(17)16(4)5/h7-8,15H,14H2,1-6H3. The van der Waals surface area contributed by atoms with E-state index in [1.165, 1.54) is 16.2 Å². The summed E-state index contributed by atoms with van der Waals surface area (Å²) < 4.78 is 5.32. The van der Waals surface area contributed by atoms with Crippen LogP contribution in [0.15, 0.2) is 0 Å². The molecule has 3 N–H and O–H groups in total. The second-order valence-corrected chi connectivity index (χ2v) is 6.10. The van der Waals surface area contributed by atoms with Crippen molar-refractivity contribution in [2.75, 3.05) is 32.3 Å². The minimum absolute atomic E-state index is 0.106. The molecule has 0 saturated heterocycles. The van der Waals surface area contributed by atoms with Gasteiger partial charge in [0.1, 0.15) is 15.6 Å². The highest BCUT2D eigenvalue weighted by Gasteiger charge is 2.24. The number of anilines is 2. The van der Waals surface area contributed by atoms with E-state index in [2.05, 4.69) is 26.1 Å². The highest BCUT2D eigenvalue weighted by Crippen LogP contribution is 2.43. The number of carbonyl (C=O) groups excluding carboxylic acids is 1. The third kappa shape index (κ3) is 3.32. The van der Waals surface area contributed by atoms with E-state index in [0.717, 1.165) is 5.00 Å². The van der Waals surface area contributed by atoms with Crippen LogP contribution in [0.3, 0.4) is 0 Å². The molecule has 5 nitrogen and oxygen atoms in total. The summed E-state index contributed by atoms with van der Waals surface area (Å²) in [4.78, 5) is 14.1. The van der Waals surface area contributed by atoms with Gasteiger partial charge in [-0.25, -0.2) is 0 Å². The number of methoxy groups -OCH3 is 1. The third-order valence-electron chi connectivity index (χ3n) is 3.06. The molecule has 0 aromatic carbocycles. The van der Waals surface area contributed by atoms with E-state index in [-0.39, 0.29) is 11.9 Å². The zero-order chi connectivity index (χ0) is 14.7. The molecule has 1 atom stereocenters. The van der Waals surface area contributed by atoms with Crippen molar-refractivity contribution in [1.82, 2.24) is 4.90 Å². The molecular weight excluding hydrogens is 262 g/mol. The molecule has 1 amide bonds. The van der Waals surface area contributed by atoms with Crippen LogP contribution in [0.5, 0.6) is 5.75 Å². The quantitative estimate of drug-likeness (QED) is 0.872. The summed E-state index contributed by atoms with van der Waals surface area (Å²) in [5.41, 5.74) is 6.41. The van der Waals surface area contributed by atoms with Gasteiger partial charge in [-0.05, 0) is 12.8 Å². The van der Waals surface area contributed by atoms with Crippen molar-refractivity contribution in [3.05, 3.63) is 4.88 Å². The minimum atomic E-state index is -0.106. The van der Waals surface area contributed by atoms with Crippen molar-refractivity contribution >= 4 is 27.9 Å². The average molecular weight is 285 g/mol. The number of nitrogens with zero attached hydrogens (tertiary/aromatic N) is 1. The first kappa shape index (κ1) is 15.6. The predicted octanol–water partition coefficient (Wildman–Crippen LogP) is 2.50. The Morgan fingerprint density at radius 2 is 1.95 bits per heavy atom. The average Bonchev–Trinajstić information content (AvgIpc) is 2.64. The summed E-state index contributed by atoms with van der Waals surface area (Å²) in [7, 11) is 4.98. The van der Waals surface area contributed by atoms with Crippen molar-refractivity contribution in [2.45, 2.75) is 26.8 Å². The molecule has 1 aromatic heterocycles. The minimum Gasteiger partial charge on any atom is -0.492 e. The van der Waals surface area contributed by atoms with Crippen molar-refractivity contribution in [3.63, 3.8) is 0 Å². The number of ether oxygens (including phenoxy) is 1. The maximum atomic E-state index is 12.0. The third-order valence-corrected chi connectivity index (χ3v) is 4.17. The van der Waals surface area contributed by atoms with Gasteiger partial charge in [-0.1, -0.05) is 13.8 Å². The van der Waals surface area contributed by atoms with Crippen LogP contribution in [0, 0.1) is 5.92 Å². The lowest BCUT2D eigenvalue weighted by Gasteiger charge is -2.18. The Morgan fingerprint density at radius 1 is 1.37 bits per heavy atom. The van der Waals surface area contributed by atoms with Crippen molar-refractivity contribution in [1.29, 1.82) is 0 Å². The molecule has 0 aliphatic rings. The lowest BCUT2D eigenvalue weighted by atomic mass is 10.1. The summed E-state index contributed by atoms with van der Waals surface area (Å²) in [6.07, 6.45) is 0. The Labute approximate surface area is 118 Å². The van der Waals surface area contributed by atoms with E-state index in [1.54, 1.807) is 21.2 Å². The molecule has 0 saturated carbocycles. The van der Waals surface area contributed by atoms with Crippen LogP contribution in [-0.4, -0.2) is 38.1 Å². The van der Waals surface area contributed by atoms with Crippen LogP contribution >= 0.6 is 11.3 Å². The molecule has 1 rings (SSSR count). The highest BCUT2D eigenvalue weighted by molar-refractivity contribution is 7.19. The normalized spacial score (nSPS) is 12.4. The summed E-state index contributed by atoms with van der Waals surface area (Å²) in [6, 6.07) is 0.272. The lowest BCUT2D eigenvalue weighted by Crippen LogP contribution is -2.21. The molecule has 0 aliphatic heterocycles. The molecule has 0 spiro atoms. The fourth-order valence-electron chi connectivity index (χ4n) is 1.46. The van der Waals surface area contributed by atoms with Crippen LogP contribution in [0.2, 0.25) is 0 Å². The Kier molecular flexibility index (Phi) is 5.05. The summed E-state index contributed by atoms with van der Waals surface area (Å²) in [6.45, 7) is 6.35. The van der Waals surface area contributed by atoms with Gasteiger partial charge in [-0.2, -0.15) is 0 Å². The van der Waals surface area contributed by atoms with E-state index in [9.17, 15) is 4.79 Å². The van der Waals surface area contributed by atoms with Crippen LogP contribution in [0.1, 0.15) is 30.4 Å². The highest BCUT2D eigenvalue weighted by atomic mass is 32.1. The Morgan fingerprint density at radius 3 is 2.37 bits per heavy atom. The molecule has 19 heavy (non-hydrogen) atoms. The number of hydrogen-bond donors (Lipinski definition) is 2. The summed E-state index contributed by atoms with van der Waals surface area (Å²) in [5.74, 6) is 0.926. The van der Waals surface area contributed by atoms with Gasteiger partial charge < -0.3 is 20.7 Å². The topological polar surface area (TPSA) is 67.6 Å². The second kappa shape index (κ2) is 6.14. The number of amides is 1. The first-order valence-electron chi connectivity index (χ1n) is 6.24. The molecule has 0 fully saturated rings. The molecule has 1 heterocycles. The first-order valence-corrected chi connectivity index (χ1v) is 7.05. The van der Waals surface area contributed by atoms with Gasteiger partial charge in [0.05, 0.1) is 7.11 Å². The number of nitrogen functional groups attached to an aromatic ring is 1. The van der Waals surface area contributed by atoms with Crippen molar-refractivity contribution in [2.24, 2.45) is 5.92 Å². The SMILES string of the molecule is COc1c(NC(C)C(C)C)sc(C(=O)N(C)C)c1N. The zero-order valence-corrected chi connectivity index (χ0v) is 13.2. The second-order valence-electron chi connectivity index (χ2n) is 5.08. The van der Waals surface area contributed by atoms with Gasteiger partial charge in [0.25, 0.3) is 5.91 Å². The molecule has 0 aliphatic carbocycles. The van der Waals surface area contributed by atoms with Gasteiger partial charge in [0.15, 0.2) is 5.75 Å². The van der Waals surface area contributed by atoms with Crippen LogP contribution in [-0.2, 0) is 0 Å². The lowest BCUT2D eigenvalue weighted by molar-refractivity contribution is 0.0833. The molecule has 1 aromatic rings. The first-order chi connectivity index (χ1) is 8.79. The van der Waals surface area contributed by atoms with E-state index < -0.39 is 0 Å². The van der Waals surface area contributed by atoms with Gasteiger partial charge in [0, 0.05) is 20.1 Å². The Bertz CT molecular complexity index is 455. The van der Waals surface area contributed by atoms with Gasteiger partial charge in [0.2, 0.25) is 0 Å². The number of thiophene rings is 1. The smallest absolute Gasteiger partial charge is 0.265 e. The van der Waals surface area contributed by atoms with E-state index in [4.69, 9.17) is 10.5 Å². The van der Waals surface area contributed by atoms with E-state index >= 15 is 0 Å². The fourth-order valence-corrected chi connectivity index (χ4v) is 2.67. The molecular formula is C13H23N3O2S. The van der Waals surface area contributed by atoms with Crippen molar-refractivity contribution < 1.29 is 9.53 Å². The van der Waals surface area contributed by atoms with Gasteiger partial charge in [-0.15, -0.1) is 11.3 Å². The largest absolute Gasteiger partial charge is 0.492 e. The Hall–Kier alpha value is -1.43. The van der Waals surface area contributed by atoms with Gasteiger partial charge >= 0.3 is 0 Å². The number of nitrogens with two attached hydrogens (primary N) is 1. The van der Waals surface area contributed by atoms with Gasteiger partial charge in [-0.3, -0.25) is 4.79 Å². The Balaban J connectivity index is 3.12. The van der Waals surface area contributed by atoms with Crippen LogP contribution < -0.4 is 15.8 Å². The molecule has 0 radical (unpaired) electrons. The van der Waals surface area contributed by atoms with Crippen LogP contribution in [0.4, 0.5) is 10.7 Å². The maximum Gasteiger partial charge on any atom is 0.265 e. The monoisotopic (exact) mass is 285 g/mol. The fraction of sp³-hybridized carbons (Fsp3) is 0.615. The zero-order valence-electron chi connectivity index (χ0n) is 12.4. The van der Waals surface area contributed by atoms with Crippen molar-refractivity contribution in [3.8, 4) is 5.75 Å². The summed E-state index contributed by atoms with van der Waals surface area (Å²) in [5, 5.41) is 4.17. The van der Waals surface area contributed by atoms with E-state index in [1.807, 2.05) is 0 Å². The number of carbonyl (C=O) groups is 1. The number of nitrogens with one attached hydrogen (secondary N) is 1. The molecule has 1 unspecified atom stereocenters. The maximum absolute atomic E-state index is 12.0. The molecule has 0 bridgehead atoms. The molecule has 6 heteroatoms. The number of hydrogen-bond acceptors (Lipinski definition) is 5.